The Kier molecular flexibility index (Phi) is 4.58. The Bertz CT molecular complexity index is 997. The quantitative estimate of drug-likeness (QED) is 0.519. The van der Waals surface area contributed by atoms with Crippen molar-refractivity contribution in [1.29, 1.82) is 0 Å². The van der Waals surface area contributed by atoms with E-state index in [1.165, 1.54) is 0 Å². The van der Waals surface area contributed by atoms with Gasteiger partial charge in [0.1, 0.15) is 11.9 Å². The third-order valence-electron chi connectivity index (χ3n) is 4.45. The highest BCUT2D eigenvalue weighted by molar-refractivity contribution is 5.58. The van der Waals surface area contributed by atoms with Gasteiger partial charge in [0.15, 0.2) is 5.82 Å². The van der Waals surface area contributed by atoms with E-state index in [2.05, 4.69) is 50.7 Å². The maximum Gasteiger partial charge on any atom is 0.249 e. The number of nitrogens with zero attached hydrogens (tertiary/aromatic N) is 6. The lowest BCUT2D eigenvalue weighted by Crippen LogP contribution is -2.08. The van der Waals surface area contributed by atoms with Crippen molar-refractivity contribution >= 4 is 0 Å². The van der Waals surface area contributed by atoms with Crippen molar-refractivity contribution in [2.75, 3.05) is 0 Å². The molecule has 0 N–H and O–H groups in total. The average Bonchev–Trinajstić information content (AvgIpc) is 3.42. The van der Waals surface area contributed by atoms with Gasteiger partial charge in [0, 0.05) is 42.5 Å². The van der Waals surface area contributed by atoms with E-state index in [-0.39, 0.29) is 6.04 Å². The summed E-state index contributed by atoms with van der Waals surface area (Å²) in [5.74, 6) is 2.70. The van der Waals surface area contributed by atoms with Crippen molar-refractivity contribution in [2.45, 2.75) is 33.2 Å². The monoisotopic (exact) mass is 362 g/mol. The Morgan fingerprint density at radius 1 is 1.04 bits per heavy atom. The zero-order chi connectivity index (χ0) is 18.8. The van der Waals surface area contributed by atoms with Crippen LogP contribution in [0.4, 0.5) is 0 Å². The zero-order valence-corrected chi connectivity index (χ0v) is 15.6. The van der Waals surface area contributed by atoms with Gasteiger partial charge in [-0.05, 0) is 37.1 Å². The van der Waals surface area contributed by atoms with Gasteiger partial charge in [-0.2, -0.15) is 4.98 Å². The summed E-state index contributed by atoms with van der Waals surface area (Å²) in [5, 5.41) is 4.10. The van der Waals surface area contributed by atoms with Gasteiger partial charge in [0.25, 0.3) is 0 Å². The normalized spacial score (nSPS) is 12.6. The van der Waals surface area contributed by atoms with E-state index in [1.807, 2.05) is 36.0 Å². The van der Waals surface area contributed by atoms with Crippen molar-refractivity contribution in [2.24, 2.45) is 5.92 Å². The maximum absolute atomic E-state index is 5.49. The van der Waals surface area contributed by atoms with E-state index in [0.717, 1.165) is 29.3 Å². The SMILES string of the molecule is CC(C)Cc1noc([C@@H](C)n2ccnc2-c2ccc(-n3ccnc3)cc2)n1. The molecule has 0 saturated heterocycles. The topological polar surface area (TPSA) is 74.6 Å². The minimum absolute atomic E-state index is 0.0933. The van der Waals surface area contributed by atoms with Gasteiger partial charge < -0.3 is 13.7 Å². The Hall–Kier alpha value is -3.22. The zero-order valence-electron chi connectivity index (χ0n) is 15.6. The van der Waals surface area contributed by atoms with Crippen molar-refractivity contribution in [3.63, 3.8) is 0 Å². The lowest BCUT2D eigenvalue weighted by atomic mass is 10.1. The molecule has 0 amide bonds. The van der Waals surface area contributed by atoms with Gasteiger partial charge >= 0.3 is 0 Å². The van der Waals surface area contributed by atoms with Gasteiger partial charge in [0.2, 0.25) is 5.89 Å². The summed E-state index contributed by atoms with van der Waals surface area (Å²) in [7, 11) is 0. The lowest BCUT2D eigenvalue weighted by molar-refractivity contribution is 0.341. The third kappa shape index (κ3) is 3.53. The van der Waals surface area contributed by atoms with Crippen LogP contribution in [0.2, 0.25) is 0 Å². The van der Waals surface area contributed by atoms with Crippen molar-refractivity contribution < 1.29 is 4.52 Å². The van der Waals surface area contributed by atoms with Gasteiger partial charge in [-0.1, -0.05) is 19.0 Å². The second-order valence-corrected chi connectivity index (χ2v) is 7.00. The first-order valence-corrected chi connectivity index (χ1v) is 9.06. The van der Waals surface area contributed by atoms with Crippen LogP contribution >= 0.6 is 0 Å². The van der Waals surface area contributed by atoms with Crippen LogP contribution in [0.1, 0.15) is 38.5 Å². The van der Waals surface area contributed by atoms with E-state index in [1.54, 1.807) is 18.7 Å². The van der Waals surface area contributed by atoms with Crippen LogP contribution in [0.5, 0.6) is 0 Å². The Labute approximate surface area is 157 Å². The fourth-order valence-corrected chi connectivity index (χ4v) is 3.05. The fraction of sp³-hybridized carbons (Fsp3) is 0.300. The molecule has 0 radical (unpaired) electrons. The molecular weight excluding hydrogens is 340 g/mol. The number of benzene rings is 1. The second kappa shape index (κ2) is 7.19. The van der Waals surface area contributed by atoms with Crippen LogP contribution in [0, 0.1) is 5.92 Å². The summed E-state index contributed by atoms with van der Waals surface area (Å²) in [6.45, 7) is 6.32. The molecule has 0 spiro atoms. The van der Waals surface area contributed by atoms with Gasteiger partial charge in [-0.3, -0.25) is 0 Å². The van der Waals surface area contributed by atoms with E-state index in [4.69, 9.17) is 4.52 Å². The van der Waals surface area contributed by atoms with Crippen molar-refractivity contribution in [3.8, 4) is 17.1 Å². The number of imidazole rings is 2. The molecule has 7 nitrogen and oxygen atoms in total. The van der Waals surface area contributed by atoms with Crippen LogP contribution < -0.4 is 0 Å². The minimum atomic E-state index is -0.0933. The minimum Gasteiger partial charge on any atom is -0.337 e. The molecule has 0 aliphatic heterocycles. The molecule has 0 bridgehead atoms. The Balaban J connectivity index is 1.60. The number of rotatable bonds is 6. The second-order valence-electron chi connectivity index (χ2n) is 7.00. The molecule has 138 valence electrons. The molecule has 27 heavy (non-hydrogen) atoms. The summed E-state index contributed by atoms with van der Waals surface area (Å²) < 4.78 is 9.51. The first kappa shape index (κ1) is 17.2. The Morgan fingerprint density at radius 2 is 1.85 bits per heavy atom. The third-order valence-corrected chi connectivity index (χ3v) is 4.45. The van der Waals surface area contributed by atoms with Crippen LogP contribution in [0.3, 0.4) is 0 Å². The summed E-state index contributed by atoms with van der Waals surface area (Å²) in [6, 6.07) is 8.12. The largest absolute Gasteiger partial charge is 0.337 e. The van der Waals surface area contributed by atoms with Crippen LogP contribution in [0.15, 0.2) is 59.9 Å². The molecule has 0 aliphatic rings. The number of hydrogen-bond acceptors (Lipinski definition) is 5. The molecular formula is C20H22N6O. The summed E-state index contributed by atoms with van der Waals surface area (Å²) in [4.78, 5) is 13.2. The van der Waals surface area contributed by atoms with E-state index in [0.29, 0.717) is 11.8 Å². The predicted octanol–water partition coefficient (Wildman–Crippen LogP) is 3.93. The average molecular weight is 362 g/mol. The van der Waals surface area contributed by atoms with E-state index in [9.17, 15) is 0 Å². The highest BCUT2D eigenvalue weighted by atomic mass is 16.5. The van der Waals surface area contributed by atoms with Crippen molar-refractivity contribution in [3.05, 3.63) is 67.1 Å². The summed E-state index contributed by atoms with van der Waals surface area (Å²) in [6.07, 6.45) is 10.0. The first-order valence-electron chi connectivity index (χ1n) is 9.06. The smallest absolute Gasteiger partial charge is 0.249 e. The fourth-order valence-electron chi connectivity index (χ4n) is 3.05. The standard InChI is InChI=1S/C20H22N6O/c1-14(2)12-18-23-20(27-24-18)15(3)26-11-9-22-19(26)16-4-6-17(7-5-16)25-10-8-21-13-25/h4-11,13-15H,12H2,1-3H3/t15-/m1/s1. The van der Waals surface area contributed by atoms with E-state index < -0.39 is 0 Å². The number of hydrogen-bond donors (Lipinski definition) is 0. The molecule has 1 atom stereocenters. The lowest BCUT2D eigenvalue weighted by Gasteiger charge is -2.13. The first-order chi connectivity index (χ1) is 13.1. The number of aromatic nitrogens is 6. The molecule has 0 unspecified atom stereocenters. The molecule has 0 fully saturated rings. The molecule has 0 saturated carbocycles. The van der Waals surface area contributed by atoms with Gasteiger partial charge in [-0.25, -0.2) is 9.97 Å². The predicted molar refractivity (Wildman–Crippen MR) is 101 cm³/mol. The van der Waals surface area contributed by atoms with E-state index >= 15 is 0 Å². The molecule has 4 rings (SSSR count). The van der Waals surface area contributed by atoms with Crippen LogP contribution in [-0.4, -0.2) is 29.2 Å². The highest BCUT2D eigenvalue weighted by Gasteiger charge is 2.19. The maximum atomic E-state index is 5.49. The van der Waals surface area contributed by atoms with Gasteiger partial charge in [-0.15, -0.1) is 0 Å². The summed E-state index contributed by atoms with van der Waals surface area (Å²) >= 11 is 0. The molecule has 4 aromatic rings. The molecule has 0 aliphatic carbocycles. The Morgan fingerprint density at radius 3 is 2.56 bits per heavy atom. The molecule has 1 aromatic carbocycles. The molecule has 3 aromatic heterocycles. The highest BCUT2D eigenvalue weighted by Crippen LogP contribution is 2.25. The van der Waals surface area contributed by atoms with Crippen LogP contribution in [-0.2, 0) is 6.42 Å². The van der Waals surface area contributed by atoms with Crippen molar-refractivity contribution in [1.82, 2.24) is 29.2 Å². The molecule has 3 heterocycles. The van der Waals surface area contributed by atoms with Crippen LogP contribution in [0.25, 0.3) is 17.1 Å². The van der Waals surface area contributed by atoms with Gasteiger partial charge in [0.05, 0.1) is 6.33 Å². The molecule has 7 heteroatoms. The summed E-state index contributed by atoms with van der Waals surface area (Å²) in [5.41, 5.74) is 2.08.